The van der Waals surface area contributed by atoms with Crippen LogP contribution in [-0.2, 0) is 22.7 Å². The third-order valence-corrected chi connectivity index (χ3v) is 6.24. The predicted molar refractivity (Wildman–Crippen MR) is 89.1 cm³/mol. The number of rotatable bonds is 2. The van der Waals surface area contributed by atoms with Crippen molar-refractivity contribution in [3.05, 3.63) is 57.6 Å². The van der Waals surface area contributed by atoms with Crippen molar-refractivity contribution in [1.82, 2.24) is 4.31 Å². The van der Waals surface area contributed by atoms with E-state index in [1.54, 1.807) is 0 Å². The van der Waals surface area contributed by atoms with Gasteiger partial charge in [-0.2, -0.15) is 17.5 Å². The van der Waals surface area contributed by atoms with E-state index in [9.17, 15) is 21.6 Å². The number of nitrogens with one attached hydrogen (secondary N) is 1. The van der Waals surface area contributed by atoms with Gasteiger partial charge in [-0.3, -0.25) is 0 Å². The van der Waals surface area contributed by atoms with Gasteiger partial charge in [-0.25, -0.2) is 8.42 Å². The lowest BCUT2D eigenvalue weighted by molar-refractivity contribution is -0.138. The van der Waals surface area contributed by atoms with Crippen LogP contribution in [-0.4, -0.2) is 19.4 Å². The zero-order chi connectivity index (χ0) is 18.4. The quantitative estimate of drug-likeness (QED) is 0.787. The van der Waals surface area contributed by atoms with E-state index in [4.69, 9.17) is 23.2 Å². The second-order valence-electron chi connectivity index (χ2n) is 5.37. The van der Waals surface area contributed by atoms with Crippen molar-refractivity contribution in [3.8, 4) is 0 Å². The van der Waals surface area contributed by atoms with E-state index in [-0.39, 0.29) is 32.9 Å². The Kier molecular flexibility index (Phi) is 4.65. The summed E-state index contributed by atoms with van der Waals surface area (Å²) >= 11 is 11.8. The molecule has 1 heterocycles. The highest BCUT2D eigenvalue weighted by Gasteiger charge is 2.37. The first-order chi connectivity index (χ1) is 11.6. The van der Waals surface area contributed by atoms with Gasteiger partial charge in [0.2, 0.25) is 10.0 Å². The molecule has 1 aliphatic rings. The molecule has 0 saturated heterocycles. The Labute approximate surface area is 152 Å². The normalized spacial score (nSPS) is 17.0. The molecular weight excluding hydrogens is 400 g/mol. The van der Waals surface area contributed by atoms with Crippen LogP contribution >= 0.6 is 23.2 Å². The van der Waals surface area contributed by atoms with Crippen molar-refractivity contribution >= 4 is 38.9 Å². The molecule has 0 atom stereocenters. The van der Waals surface area contributed by atoms with Crippen LogP contribution in [0, 0.1) is 0 Å². The highest BCUT2D eigenvalue weighted by atomic mass is 35.5. The van der Waals surface area contributed by atoms with Crippen LogP contribution in [0.2, 0.25) is 10.0 Å². The number of alkyl halides is 3. The zero-order valence-electron chi connectivity index (χ0n) is 12.4. The minimum atomic E-state index is -4.58. The van der Waals surface area contributed by atoms with Crippen molar-refractivity contribution in [2.24, 2.45) is 0 Å². The number of fused-ring (bicyclic) bond motifs is 1. The Hall–Kier alpha value is -1.48. The second-order valence-corrected chi connectivity index (χ2v) is 8.09. The largest absolute Gasteiger partial charge is 0.416 e. The van der Waals surface area contributed by atoms with E-state index in [0.717, 1.165) is 10.4 Å². The molecule has 2 aromatic rings. The summed E-state index contributed by atoms with van der Waals surface area (Å²) in [7, 11) is -4.08. The highest BCUT2D eigenvalue weighted by molar-refractivity contribution is 7.89. The minimum Gasteiger partial charge on any atom is -0.370 e. The summed E-state index contributed by atoms with van der Waals surface area (Å²) in [5, 5.41) is 2.98. The SMILES string of the molecule is O=S1(=O)c2c(Cl)cc(Cl)cc2NCN1Cc1ccccc1C(F)(F)F. The Balaban J connectivity index is 2.02. The number of halogens is 5. The van der Waals surface area contributed by atoms with E-state index >= 15 is 0 Å². The fraction of sp³-hybridized carbons (Fsp3) is 0.200. The summed E-state index contributed by atoms with van der Waals surface area (Å²) < 4.78 is 65.8. The fourth-order valence-corrected chi connectivity index (χ4v) is 4.91. The standard InChI is InChI=1S/C15H11Cl2F3N2O2S/c16-10-5-12(17)14-13(6-10)21-8-22(25(14,23)24)7-9-3-1-2-4-11(9)15(18,19)20/h1-6,21H,7-8H2. The molecule has 0 spiro atoms. The van der Waals surface area contributed by atoms with Crippen molar-refractivity contribution in [2.75, 3.05) is 12.0 Å². The average Bonchev–Trinajstić information content (AvgIpc) is 2.48. The number of hydrogen-bond acceptors (Lipinski definition) is 3. The van der Waals surface area contributed by atoms with Crippen LogP contribution in [0.15, 0.2) is 41.3 Å². The van der Waals surface area contributed by atoms with Gasteiger partial charge in [0.25, 0.3) is 0 Å². The molecule has 3 rings (SSSR count). The van der Waals surface area contributed by atoms with Gasteiger partial charge >= 0.3 is 6.18 Å². The van der Waals surface area contributed by atoms with E-state index in [0.29, 0.717) is 0 Å². The molecule has 1 aliphatic heterocycles. The maximum atomic E-state index is 13.1. The molecule has 10 heteroatoms. The number of anilines is 1. The third kappa shape index (κ3) is 3.44. The van der Waals surface area contributed by atoms with Crippen molar-refractivity contribution in [3.63, 3.8) is 0 Å². The molecule has 4 nitrogen and oxygen atoms in total. The van der Waals surface area contributed by atoms with Crippen molar-refractivity contribution < 1.29 is 21.6 Å². The maximum Gasteiger partial charge on any atom is 0.416 e. The molecular formula is C15H11Cl2F3N2O2S. The Morgan fingerprint density at radius 3 is 2.52 bits per heavy atom. The van der Waals surface area contributed by atoms with E-state index in [1.165, 1.54) is 30.3 Å². The van der Waals surface area contributed by atoms with Crippen LogP contribution in [0.3, 0.4) is 0 Å². The molecule has 0 fully saturated rings. The van der Waals surface area contributed by atoms with E-state index < -0.39 is 28.3 Å². The lowest BCUT2D eigenvalue weighted by atomic mass is 10.1. The molecule has 0 aliphatic carbocycles. The van der Waals surface area contributed by atoms with Gasteiger partial charge < -0.3 is 5.32 Å². The first-order valence-electron chi connectivity index (χ1n) is 6.99. The maximum absolute atomic E-state index is 13.1. The van der Waals surface area contributed by atoms with Gasteiger partial charge in [-0.1, -0.05) is 41.4 Å². The molecule has 0 unspecified atom stereocenters. The average molecular weight is 411 g/mol. The molecule has 0 bridgehead atoms. The van der Waals surface area contributed by atoms with Gasteiger partial charge in [-0.05, 0) is 23.8 Å². The minimum absolute atomic E-state index is 0.0937. The fourth-order valence-electron chi connectivity index (χ4n) is 2.61. The monoisotopic (exact) mass is 410 g/mol. The number of hydrogen-bond donors (Lipinski definition) is 1. The zero-order valence-corrected chi connectivity index (χ0v) is 14.8. The molecule has 0 amide bonds. The van der Waals surface area contributed by atoms with Gasteiger partial charge in [0.1, 0.15) is 4.90 Å². The second kappa shape index (κ2) is 6.35. The first-order valence-corrected chi connectivity index (χ1v) is 9.18. The van der Waals surface area contributed by atoms with Crippen molar-refractivity contribution in [1.29, 1.82) is 0 Å². The van der Waals surface area contributed by atoms with Gasteiger partial charge in [0.15, 0.2) is 0 Å². The Morgan fingerprint density at radius 2 is 1.84 bits per heavy atom. The van der Waals surface area contributed by atoms with Crippen LogP contribution in [0.1, 0.15) is 11.1 Å². The molecule has 25 heavy (non-hydrogen) atoms. The number of benzene rings is 2. The smallest absolute Gasteiger partial charge is 0.370 e. The summed E-state index contributed by atoms with van der Waals surface area (Å²) in [6.07, 6.45) is -4.58. The Bertz CT molecular complexity index is 933. The van der Waals surface area contributed by atoms with Gasteiger partial charge in [0, 0.05) is 11.6 Å². The lowest BCUT2D eigenvalue weighted by Crippen LogP contribution is -2.39. The van der Waals surface area contributed by atoms with Crippen LogP contribution < -0.4 is 5.32 Å². The summed E-state index contributed by atoms with van der Waals surface area (Å²) in [6, 6.07) is 7.52. The van der Waals surface area contributed by atoms with Gasteiger partial charge in [0.05, 0.1) is 22.9 Å². The molecule has 1 N–H and O–H groups in total. The van der Waals surface area contributed by atoms with E-state index in [1.807, 2.05) is 0 Å². The third-order valence-electron chi connectivity index (χ3n) is 3.72. The van der Waals surface area contributed by atoms with E-state index in [2.05, 4.69) is 5.32 Å². The molecule has 0 aromatic heterocycles. The van der Waals surface area contributed by atoms with Gasteiger partial charge in [-0.15, -0.1) is 0 Å². The first kappa shape index (κ1) is 18.3. The lowest BCUT2D eigenvalue weighted by Gasteiger charge is -2.30. The number of sulfonamides is 1. The number of nitrogens with zero attached hydrogens (tertiary/aromatic N) is 1. The summed E-state index contributed by atoms with van der Waals surface area (Å²) in [5.74, 6) is 0. The van der Waals surface area contributed by atoms with Crippen LogP contribution in [0.5, 0.6) is 0 Å². The van der Waals surface area contributed by atoms with Crippen molar-refractivity contribution in [2.45, 2.75) is 17.6 Å². The predicted octanol–water partition coefficient (Wildman–Crippen LogP) is 4.59. The van der Waals surface area contributed by atoms with Crippen LogP contribution in [0.25, 0.3) is 0 Å². The molecule has 0 saturated carbocycles. The summed E-state index contributed by atoms with van der Waals surface area (Å²) in [6.45, 7) is -0.637. The molecule has 0 radical (unpaired) electrons. The molecule has 2 aromatic carbocycles. The molecule has 134 valence electrons. The Morgan fingerprint density at radius 1 is 1.16 bits per heavy atom. The summed E-state index contributed by atoms with van der Waals surface area (Å²) in [4.78, 5) is -0.200. The summed E-state index contributed by atoms with van der Waals surface area (Å²) in [5.41, 5.74) is -0.801. The van der Waals surface area contributed by atoms with Crippen LogP contribution in [0.4, 0.5) is 18.9 Å². The topological polar surface area (TPSA) is 49.4 Å². The highest BCUT2D eigenvalue weighted by Crippen LogP contribution is 2.39.